The summed E-state index contributed by atoms with van der Waals surface area (Å²) < 4.78 is 44.2. The molecule has 0 aliphatic rings. The number of carbonyl (C=O) groups excluding carboxylic acids is 1. The molecule has 0 fully saturated rings. The van der Waals surface area contributed by atoms with Crippen LogP contribution in [0.1, 0.15) is 16.7 Å². The molecule has 0 radical (unpaired) electrons. The summed E-state index contributed by atoms with van der Waals surface area (Å²) in [5.74, 6) is -0.587. The van der Waals surface area contributed by atoms with Gasteiger partial charge < -0.3 is 10.1 Å². The van der Waals surface area contributed by atoms with Gasteiger partial charge in [0, 0.05) is 17.8 Å². The van der Waals surface area contributed by atoms with E-state index in [2.05, 4.69) is 5.32 Å². The minimum Gasteiger partial charge on any atom is -0.487 e. The minimum absolute atomic E-state index is 0.0479. The molecule has 1 N–H and O–H groups in total. The largest absolute Gasteiger partial charge is 0.487 e. The van der Waals surface area contributed by atoms with Crippen LogP contribution >= 0.6 is 11.6 Å². The number of ether oxygens (including phenoxy) is 1. The molecule has 0 aliphatic heterocycles. The number of non-ortho nitro benzene ring substituents is 1. The molecule has 1 amide bonds. The lowest BCUT2D eigenvalue weighted by molar-refractivity contribution is -0.384. The number of nitro benzene ring substituents is 1. The third kappa shape index (κ3) is 6.82. The van der Waals surface area contributed by atoms with Gasteiger partial charge in [-0.3, -0.25) is 14.9 Å². The average Bonchev–Trinajstić information content (AvgIpc) is 2.81. The van der Waals surface area contributed by atoms with Gasteiger partial charge in [0.2, 0.25) is 0 Å². The summed E-state index contributed by atoms with van der Waals surface area (Å²) in [6.45, 7) is 0.0930. The molecule has 3 aromatic rings. The summed E-state index contributed by atoms with van der Waals surface area (Å²) in [6, 6.07) is 16.0. The molecule has 3 rings (SSSR count). The Labute approximate surface area is 202 Å². The van der Waals surface area contributed by atoms with Crippen LogP contribution < -0.4 is 10.1 Å². The quantitative estimate of drug-likeness (QED) is 0.175. The zero-order valence-electron chi connectivity index (χ0n) is 17.7. The summed E-state index contributed by atoms with van der Waals surface area (Å²) in [5.41, 5.74) is -0.388. The lowest BCUT2D eigenvalue weighted by Gasteiger charge is -2.10. The van der Waals surface area contributed by atoms with Crippen molar-refractivity contribution in [2.75, 3.05) is 5.32 Å². The van der Waals surface area contributed by atoms with Crippen molar-refractivity contribution >= 4 is 35.0 Å². The maximum absolute atomic E-state index is 12.9. The number of alkyl halides is 3. The molecule has 0 unspecified atom stereocenters. The first kappa shape index (κ1) is 25.3. The van der Waals surface area contributed by atoms with Gasteiger partial charge >= 0.3 is 6.18 Å². The molecule has 35 heavy (non-hydrogen) atoms. The van der Waals surface area contributed by atoms with Gasteiger partial charge in [-0.2, -0.15) is 18.4 Å². The molecule has 7 nitrogen and oxygen atoms in total. The molecule has 11 heteroatoms. The number of nitrogens with one attached hydrogen (secondary N) is 1. The van der Waals surface area contributed by atoms with Crippen molar-refractivity contribution in [2.45, 2.75) is 12.8 Å². The number of nitro groups is 1. The van der Waals surface area contributed by atoms with Crippen LogP contribution in [0.5, 0.6) is 5.75 Å². The topological polar surface area (TPSA) is 105 Å². The first-order valence-electron chi connectivity index (χ1n) is 9.83. The van der Waals surface area contributed by atoms with Crippen LogP contribution in [-0.4, -0.2) is 10.8 Å². The number of amides is 1. The van der Waals surface area contributed by atoms with E-state index < -0.39 is 22.6 Å². The standard InChI is InChI=1S/C24H15ClF3N3O4/c25-21-11-16(6-9-22(21)35-14-15-4-7-20(8-5-15)31(33)34)10-17(13-29)23(32)30-19-3-1-2-18(12-19)24(26,27)28/h1-12H,14H2,(H,30,32)/b17-10+. The average molecular weight is 502 g/mol. The second kappa shape index (κ2) is 10.7. The maximum atomic E-state index is 12.9. The number of benzene rings is 3. The minimum atomic E-state index is -4.58. The predicted octanol–water partition coefficient (Wildman–Crippen LogP) is 6.39. The monoisotopic (exact) mass is 501 g/mol. The van der Waals surface area contributed by atoms with E-state index in [1.807, 2.05) is 0 Å². The van der Waals surface area contributed by atoms with Crippen molar-refractivity contribution in [3.05, 3.63) is 104 Å². The number of anilines is 1. The number of rotatable bonds is 7. The molecule has 0 spiro atoms. The van der Waals surface area contributed by atoms with E-state index in [0.717, 1.165) is 18.2 Å². The van der Waals surface area contributed by atoms with E-state index in [1.54, 1.807) is 18.2 Å². The summed E-state index contributed by atoms with van der Waals surface area (Å²) in [4.78, 5) is 22.6. The van der Waals surface area contributed by atoms with Gasteiger partial charge in [0.05, 0.1) is 15.5 Å². The van der Waals surface area contributed by atoms with Crippen molar-refractivity contribution in [2.24, 2.45) is 0 Å². The fourth-order valence-corrected chi connectivity index (χ4v) is 3.13. The summed E-state index contributed by atoms with van der Waals surface area (Å²) in [5, 5.41) is 22.5. The fraction of sp³-hybridized carbons (Fsp3) is 0.0833. The second-order valence-electron chi connectivity index (χ2n) is 7.10. The molecule has 0 saturated carbocycles. The maximum Gasteiger partial charge on any atom is 0.416 e. The number of hydrogen-bond acceptors (Lipinski definition) is 5. The number of nitriles is 1. The highest BCUT2D eigenvalue weighted by atomic mass is 35.5. The Balaban J connectivity index is 1.69. The Hall–Kier alpha value is -4.36. The highest BCUT2D eigenvalue weighted by Gasteiger charge is 2.30. The second-order valence-corrected chi connectivity index (χ2v) is 7.51. The van der Waals surface area contributed by atoms with Gasteiger partial charge in [-0.15, -0.1) is 0 Å². The summed E-state index contributed by atoms with van der Waals surface area (Å²) in [6.07, 6.45) is -3.34. The van der Waals surface area contributed by atoms with Crippen LogP contribution in [0.4, 0.5) is 24.5 Å². The Morgan fingerprint density at radius 3 is 2.46 bits per heavy atom. The van der Waals surface area contributed by atoms with Crippen molar-refractivity contribution < 1.29 is 27.6 Å². The Kier molecular flexibility index (Phi) is 7.73. The van der Waals surface area contributed by atoms with E-state index in [0.29, 0.717) is 16.9 Å². The van der Waals surface area contributed by atoms with Gasteiger partial charge in [0.25, 0.3) is 11.6 Å². The van der Waals surface area contributed by atoms with Gasteiger partial charge in [-0.05, 0) is 59.7 Å². The third-order valence-electron chi connectivity index (χ3n) is 4.62. The van der Waals surface area contributed by atoms with Gasteiger partial charge in [0.15, 0.2) is 0 Å². The third-order valence-corrected chi connectivity index (χ3v) is 4.92. The molecule has 0 saturated heterocycles. The number of halogens is 4. The highest BCUT2D eigenvalue weighted by Crippen LogP contribution is 2.31. The Morgan fingerprint density at radius 1 is 1.14 bits per heavy atom. The van der Waals surface area contributed by atoms with Gasteiger partial charge in [-0.25, -0.2) is 0 Å². The van der Waals surface area contributed by atoms with Crippen LogP contribution in [-0.2, 0) is 17.6 Å². The molecule has 0 bridgehead atoms. The van der Waals surface area contributed by atoms with E-state index in [-0.39, 0.29) is 28.6 Å². The molecule has 0 aromatic heterocycles. The molecular weight excluding hydrogens is 487 g/mol. The molecular formula is C24H15ClF3N3O4. The number of hydrogen-bond donors (Lipinski definition) is 1. The molecule has 0 heterocycles. The summed E-state index contributed by atoms with van der Waals surface area (Å²) >= 11 is 6.22. The van der Waals surface area contributed by atoms with Crippen LogP contribution in [0.25, 0.3) is 6.08 Å². The predicted molar refractivity (Wildman–Crippen MR) is 123 cm³/mol. The van der Waals surface area contributed by atoms with E-state index in [1.165, 1.54) is 42.5 Å². The van der Waals surface area contributed by atoms with Crippen LogP contribution in [0, 0.1) is 21.4 Å². The Morgan fingerprint density at radius 2 is 1.86 bits per heavy atom. The normalized spacial score (nSPS) is 11.5. The number of carbonyl (C=O) groups is 1. The van der Waals surface area contributed by atoms with E-state index in [4.69, 9.17) is 16.3 Å². The lowest BCUT2D eigenvalue weighted by atomic mass is 10.1. The lowest BCUT2D eigenvalue weighted by Crippen LogP contribution is -2.14. The molecule has 0 atom stereocenters. The van der Waals surface area contributed by atoms with Crippen molar-refractivity contribution in [1.29, 1.82) is 5.26 Å². The van der Waals surface area contributed by atoms with E-state index >= 15 is 0 Å². The van der Waals surface area contributed by atoms with Crippen LogP contribution in [0.15, 0.2) is 72.3 Å². The summed E-state index contributed by atoms with van der Waals surface area (Å²) in [7, 11) is 0. The highest BCUT2D eigenvalue weighted by molar-refractivity contribution is 6.32. The molecule has 3 aromatic carbocycles. The van der Waals surface area contributed by atoms with Crippen molar-refractivity contribution in [3.63, 3.8) is 0 Å². The molecule has 178 valence electrons. The van der Waals surface area contributed by atoms with E-state index in [9.17, 15) is 33.3 Å². The first-order valence-corrected chi connectivity index (χ1v) is 10.2. The van der Waals surface area contributed by atoms with Crippen molar-refractivity contribution in [3.8, 4) is 11.8 Å². The van der Waals surface area contributed by atoms with Gasteiger partial charge in [0.1, 0.15) is 24.0 Å². The zero-order valence-corrected chi connectivity index (χ0v) is 18.4. The molecule has 0 aliphatic carbocycles. The number of nitrogens with zero attached hydrogens (tertiary/aromatic N) is 2. The van der Waals surface area contributed by atoms with Gasteiger partial charge in [-0.1, -0.05) is 23.7 Å². The van der Waals surface area contributed by atoms with Crippen molar-refractivity contribution in [1.82, 2.24) is 0 Å². The Bertz CT molecular complexity index is 1330. The zero-order chi connectivity index (χ0) is 25.6. The van der Waals surface area contributed by atoms with Crippen LogP contribution in [0.3, 0.4) is 0 Å². The fourth-order valence-electron chi connectivity index (χ4n) is 2.89. The SMILES string of the molecule is N#C/C(=C\c1ccc(OCc2ccc([N+](=O)[O-])cc2)c(Cl)c1)C(=O)Nc1cccc(C(F)(F)F)c1. The van der Waals surface area contributed by atoms with Crippen LogP contribution in [0.2, 0.25) is 5.02 Å². The first-order chi connectivity index (χ1) is 16.6. The smallest absolute Gasteiger partial charge is 0.416 e.